The minimum atomic E-state index is -0.337. The van der Waals surface area contributed by atoms with E-state index in [0.717, 1.165) is 37.6 Å². The highest BCUT2D eigenvalue weighted by Gasteiger charge is 2.38. The van der Waals surface area contributed by atoms with Crippen LogP contribution in [0.1, 0.15) is 32.6 Å². The standard InChI is InChI=1S/C17H27N5O/c1-17(16(23)18-10-13-5-6-13)7-4-8-22(11-17)15-9-14(21(2)3)19-12-20-15/h9,12-13H,4-8,10-11H2,1-3H3,(H,18,23)/t17-/m1/s1. The number of rotatable bonds is 5. The third-order valence-electron chi connectivity index (χ3n) is 4.91. The van der Waals surface area contributed by atoms with E-state index >= 15 is 0 Å². The van der Waals surface area contributed by atoms with Gasteiger partial charge in [0, 0.05) is 39.8 Å². The Morgan fingerprint density at radius 1 is 1.43 bits per heavy atom. The first-order chi connectivity index (χ1) is 11.0. The Hall–Kier alpha value is -1.85. The van der Waals surface area contributed by atoms with E-state index in [1.165, 1.54) is 12.8 Å². The number of anilines is 2. The monoisotopic (exact) mass is 317 g/mol. The first-order valence-electron chi connectivity index (χ1n) is 8.50. The summed E-state index contributed by atoms with van der Waals surface area (Å²) in [4.78, 5) is 25.5. The predicted molar refractivity (Wildman–Crippen MR) is 91.6 cm³/mol. The predicted octanol–water partition coefficient (Wildman–Crippen LogP) is 1.68. The zero-order valence-electron chi connectivity index (χ0n) is 14.4. The Morgan fingerprint density at radius 3 is 2.91 bits per heavy atom. The molecule has 1 aliphatic carbocycles. The van der Waals surface area contributed by atoms with Crippen LogP contribution in [0, 0.1) is 11.3 Å². The van der Waals surface area contributed by atoms with Crippen LogP contribution in [0.4, 0.5) is 11.6 Å². The summed E-state index contributed by atoms with van der Waals surface area (Å²) >= 11 is 0. The average Bonchev–Trinajstić information content (AvgIpc) is 3.37. The third kappa shape index (κ3) is 3.74. The molecule has 2 aliphatic rings. The van der Waals surface area contributed by atoms with Crippen molar-refractivity contribution < 1.29 is 4.79 Å². The second kappa shape index (κ2) is 6.34. The molecule has 1 amide bonds. The Morgan fingerprint density at radius 2 is 2.22 bits per heavy atom. The summed E-state index contributed by atoms with van der Waals surface area (Å²) in [5.74, 6) is 2.70. The maximum absolute atomic E-state index is 12.6. The molecule has 1 aliphatic heterocycles. The smallest absolute Gasteiger partial charge is 0.227 e. The van der Waals surface area contributed by atoms with Crippen LogP contribution in [0.15, 0.2) is 12.4 Å². The van der Waals surface area contributed by atoms with Gasteiger partial charge in [0.15, 0.2) is 0 Å². The zero-order valence-corrected chi connectivity index (χ0v) is 14.4. The first-order valence-corrected chi connectivity index (χ1v) is 8.50. The van der Waals surface area contributed by atoms with Gasteiger partial charge in [0.25, 0.3) is 0 Å². The number of carbonyl (C=O) groups is 1. The number of nitrogens with zero attached hydrogens (tertiary/aromatic N) is 4. The van der Waals surface area contributed by atoms with Gasteiger partial charge in [-0.3, -0.25) is 4.79 Å². The molecule has 1 N–H and O–H groups in total. The van der Waals surface area contributed by atoms with Crippen LogP contribution in [0.5, 0.6) is 0 Å². The van der Waals surface area contributed by atoms with E-state index in [1.54, 1.807) is 6.33 Å². The Kier molecular flexibility index (Phi) is 4.41. The van der Waals surface area contributed by atoms with Crippen LogP contribution >= 0.6 is 0 Å². The summed E-state index contributed by atoms with van der Waals surface area (Å²) in [7, 11) is 3.94. The van der Waals surface area contributed by atoms with Crippen molar-refractivity contribution in [1.29, 1.82) is 0 Å². The van der Waals surface area contributed by atoms with E-state index < -0.39 is 0 Å². The van der Waals surface area contributed by atoms with E-state index in [9.17, 15) is 4.79 Å². The topological polar surface area (TPSA) is 61.4 Å². The van der Waals surface area contributed by atoms with E-state index in [2.05, 4.69) is 27.1 Å². The number of hydrogen-bond acceptors (Lipinski definition) is 5. The fourth-order valence-electron chi connectivity index (χ4n) is 3.15. The van der Waals surface area contributed by atoms with Crippen LogP contribution in [0.3, 0.4) is 0 Å². The molecule has 6 nitrogen and oxygen atoms in total. The van der Waals surface area contributed by atoms with Crippen molar-refractivity contribution in [3.8, 4) is 0 Å². The highest BCUT2D eigenvalue weighted by molar-refractivity contribution is 5.83. The Bertz CT molecular complexity index is 572. The number of nitrogens with one attached hydrogen (secondary N) is 1. The maximum atomic E-state index is 12.6. The molecule has 3 rings (SSSR count). The summed E-state index contributed by atoms with van der Waals surface area (Å²) in [5, 5.41) is 3.15. The minimum Gasteiger partial charge on any atom is -0.363 e. The summed E-state index contributed by atoms with van der Waals surface area (Å²) in [6.45, 7) is 4.57. The third-order valence-corrected chi connectivity index (χ3v) is 4.91. The summed E-state index contributed by atoms with van der Waals surface area (Å²) in [6.07, 6.45) is 6.07. The van der Waals surface area contributed by atoms with E-state index in [0.29, 0.717) is 12.5 Å². The maximum Gasteiger partial charge on any atom is 0.227 e. The van der Waals surface area contributed by atoms with Crippen LogP contribution < -0.4 is 15.1 Å². The van der Waals surface area contributed by atoms with Gasteiger partial charge >= 0.3 is 0 Å². The minimum absolute atomic E-state index is 0.191. The van der Waals surface area contributed by atoms with Crippen LogP contribution in [0.2, 0.25) is 0 Å². The van der Waals surface area contributed by atoms with Gasteiger partial charge in [-0.15, -0.1) is 0 Å². The van der Waals surface area contributed by atoms with Gasteiger partial charge in [0.2, 0.25) is 5.91 Å². The average molecular weight is 317 g/mol. The molecule has 1 aromatic rings. The first kappa shape index (κ1) is 16.0. The van der Waals surface area contributed by atoms with Crippen molar-refractivity contribution in [2.24, 2.45) is 11.3 Å². The van der Waals surface area contributed by atoms with Gasteiger partial charge < -0.3 is 15.1 Å². The van der Waals surface area contributed by atoms with Gasteiger partial charge in [0.1, 0.15) is 18.0 Å². The molecular weight excluding hydrogens is 290 g/mol. The number of carbonyl (C=O) groups excluding carboxylic acids is 1. The zero-order chi connectivity index (χ0) is 16.4. The number of hydrogen-bond donors (Lipinski definition) is 1. The second-order valence-electron chi connectivity index (χ2n) is 7.37. The molecule has 0 bridgehead atoms. The van der Waals surface area contributed by atoms with Gasteiger partial charge in [-0.2, -0.15) is 0 Å². The highest BCUT2D eigenvalue weighted by atomic mass is 16.2. The molecule has 0 unspecified atom stereocenters. The van der Waals surface area contributed by atoms with Gasteiger partial charge in [-0.25, -0.2) is 9.97 Å². The van der Waals surface area contributed by atoms with Crippen molar-refractivity contribution in [2.45, 2.75) is 32.6 Å². The van der Waals surface area contributed by atoms with Gasteiger partial charge in [0.05, 0.1) is 5.41 Å². The van der Waals surface area contributed by atoms with Gasteiger partial charge in [-0.05, 0) is 38.5 Å². The van der Waals surface area contributed by atoms with Crippen molar-refractivity contribution >= 4 is 17.5 Å². The summed E-state index contributed by atoms with van der Waals surface area (Å²) in [6, 6.07) is 1.99. The SMILES string of the molecule is CN(C)c1cc(N2CCC[C@@](C)(C(=O)NCC3CC3)C2)ncn1. The fraction of sp³-hybridized carbons (Fsp3) is 0.706. The Balaban J connectivity index is 1.69. The van der Waals surface area contributed by atoms with E-state index in [1.807, 2.05) is 25.1 Å². The van der Waals surface area contributed by atoms with Crippen molar-refractivity contribution in [1.82, 2.24) is 15.3 Å². The summed E-state index contributed by atoms with van der Waals surface area (Å²) < 4.78 is 0. The lowest BCUT2D eigenvalue weighted by Crippen LogP contribution is -2.51. The summed E-state index contributed by atoms with van der Waals surface area (Å²) in [5.41, 5.74) is -0.337. The largest absolute Gasteiger partial charge is 0.363 e. The van der Waals surface area contributed by atoms with Gasteiger partial charge in [-0.1, -0.05) is 0 Å². The quantitative estimate of drug-likeness (QED) is 0.895. The number of piperidine rings is 1. The molecule has 2 heterocycles. The molecule has 1 atom stereocenters. The lowest BCUT2D eigenvalue weighted by atomic mass is 9.81. The molecule has 0 radical (unpaired) electrons. The molecule has 6 heteroatoms. The number of amides is 1. The molecule has 0 spiro atoms. The van der Waals surface area contributed by atoms with E-state index in [-0.39, 0.29) is 11.3 Å². The molecule has 1 aromatic heterocycles. The van der Waals surface area contributed by atoms with Crippen molar-refractivity contribution in [3.63, 3.8) is 0 Å². The van der Waals surface area contributed by atoms with Crippen LogP contribution in [0.25, 0.3) is 0 Å². The normalized spacial score (nSPS) is 24.4. The van der Waals surface area contributed by atoms with E-state index in [4.69, 9.17) is 0 Å². The van der Waals surface area contributed by atoms with Crippen molar-refractivity contribution in [2.75, 3.05) is 43.5 Å². The van der Waals surface area contributed by atoms with Crippen LogP contribution in [-0.2, 0) is 4.79 Å². The molecular formula is C17H27N5O. The highest BCUT2D eigenvalue weighted by Crippen LogP contribution is 2.33. The molecule has 1 saturated carbocycles. The fourth-order valence-corrected chi connectivity index (χ4v) is 3.15. The molecule has 126 valence electrons. The lowest BCUT2D eigenvalue weighted by molar-refractivity contribution is -0.130. The molecule has 1 saturated heterocycles. The number of aromatic nitrogens is 2. The van der Waals surface area contributed by atoms with Crippen LogP contribution in [-0.4, -0.2) is 49.6 Å². The molecule has 23 heavy (non-hydrogen) atoms. The second-order valence-corrected chi connectivity index (χ2v) is 7.37. The molecule has 2 fully saturated rings. The lowest BCUT2D eigenvalue weighted by Gasteiger charge is -2.40. The van der Waals surface area contributed by atoms with Crippen molar-refractivity contribution in [3.05, 3.63) is 12.4 Å². The molecule has 0 aromatic carbocycles. The Labute approximate surface area is 138 Å².